The van der Waals surface area contributed by atoms with Gasteiger partial charge in [-0.3, -0.25) is 33.8 Å². The minimum absolute atomic E-state index is 0.00717. The largest absolute Gasteiger partial charge is 0.507 e. The molecule has 3 aliphatic carbocycles. The third-order valence-electron chi connectivity index (χ3n) is 9.93. The molecule has 0 heterocycles. The van der Waals surface area contributed by atoms with Gasteiger partial charge in [0.1, 0.15) is 11.5 Å². The normalized spacial score (nSPS) is 25.9. The first-order valence-corrected chi connectivity index (χ1v) is 15.9. The van der Waals surface area contributed by atoms with E-state index in [1.165, 1.54) is 31.1 Å². The summed E-state index contributed by atoms with van der Waals surface area (Å²) in [6.45, 7) is 2.99. The third kappa shape index (κ3) is 6.15. The molecule has 5 rings (SSSR count). The number of aromatic hydroxyl groups is 1. The Morgan fingerprint density at radius 2 is 1.76 bits per heavy atom. The molecule has 0 spiro atoms. The highest BCUT2D eigenvalue weighted by atomic mass is 19.4. The zero-order valence-corrected chi connectivity index (χ0v) is 28.2. The summed E-state index contributed by atoms with van der Waals surface area (Å²) in [4.78, 5) is 84.9. The second kappa shape index (κ2) is 13.2. The van der Waals surface area contributed by atoms with E-state index in [0.29, 0.717) is 17.3 Å². The molecule has 0 aromatic heterocycles. The molecule has 2 unspecified atom stereocenters. The van der Waals surface area contributed by atoms with Crippen molar-refractivity contribution in [2.24, 2.45) is 29.4 Å². The molecule has 272 valence electrons. The van der Waals surface area contributed by atoms with Crippen molar-refractivity contribution < 1.29 is 56.9 Å². The average Bonchev–Trinajstić information content (AvgIpc) is 3.02. The zero-order valence-electron chi connectivity index (χ0n) is 28.2. The summed E-state index contributed by atoms with van der Waals surface area (Å²) in [5, 5.41) is 23.4. The van der Waals surface area contributed by atoms with Crippen molar-refractivity contribution >= 4 is 40.8 Å². The van der Waals surface area contributed by atoms with Crippen molar-refractivity contribution in [3.8, 4) is 11.5 Å². The first-order valence-electron chi connectivity index (χ1n) is 15.9. The molecular formula is C35H37F3N4O9. The fourth-order valence-electron chi connectivity index (χ4n) is 7.69. The number of nitrogens with two attached hydrogens (primary N) is 1. The number of phenols is 1. The topological polar surface area (TPSA) is 188 Å². The van der Waals surface area contributed by atoms with Gasteiger partial charge in [-0.2, -0.15) is 13.2 Å². The number of hydrogen-bond donors (Lipinski definition) is 3. The lowest BCUT2D eigenvalue weighted by Gasteiger charge is -2.52. The second-order valence-corrected chi connectivity index (χ2v) is 13.5. The highest BCUT2D eigenvalue weighted by Crippen LogP contribution is 2.52. The van der Waals surface area contributed by atoms with Gasteiger partial charge in [0.2, 0.25) is 5.91 Å². The van der Waals surface area contributed by atoms with E-state index in [9.17, 15) is 52.2 Å². The number of nitrogens with zero attached hydrogens (tertiary/aromatic N) is 3. The number of hydrogen-bond acceptors (Lipinski definition) is 11. The number of anilines is 1. The molecule has 0 bridgehead atoms. The van der Waals surface area contributed by atoms with Crippen molar-refractivity contribution in [1.29, 1.82) is 0 Å². The van der Waals surface area contributed by atoms with Gasteiger partial charge < -0.3 is 25.6 Å². The van der Waals surface area contributed by atoms with Gasteiger partial charge in [-0.15, -0.1) is 6.58 Å². The van der Waals surface area contributed by atoms with Gasteiger partial charge in [-0.25, -0.2) is 4.79 Å². The van der Waals surface area contributed by atoms with Crippen LogP contribution in [0, 0.1) is 23.7 Å². The second-order valence-electron chi connectivity index (χ2n) is 13.5. The van der Waals surface area contributed by atoms with Crippen LogP contribution in [-0.4, -0.2) is 102 Å². The van der Waals surface area contributed by atoms with Crippen LogP contribution in [0.3, 0.4) is 0 Å². The van der Waals surface area contributed by atoms with Gasteiger partial charge in [0.25, 0.3) is 0 Å². The summed E-state index contributed by atoms with van der Waals surface area (Å²) >= 11 is 0. The monoisotopic (exact) mass is 714 g/mol. The number of primary amides is 1. The van der Waals surface area contributed by atoms with Crippen LogP contribution in [-0.2, 0) is 38.3 Å². The van der Waals surface area contributed by atoms with Crippen LogP contribution in [0.2, 0.25) is 0 Å². The Morgan fingerprint density at radius 3 is 2.33 bits per heavy atom. The van der Waals surface area contributed by atoms with Crippen LogP contribution >= 0.6 is 0 Å². The van der Waals surface area contributed by atoms with Gasteiger partial charge in [-0.1, -0.05) is 12.1 Å². The Balaban J connectivity index is 1.55. The molecule has 0 saturated heterocycles. The number of fused-ring (bicyclic) bond motifs is 3. The van der Waals surface area contributed by atoms with Gasteiger partial charge in [-0.05, 0) is 62.7 Å². The number of ether oxygens (including phenoxy) is 1. The number of aliphatic hydroxyl groups is 1. The van der Waals surface area contributed by atoms with Crippen molar-refractivity contribution in [3.05, 3.63) is 65.2 Å². The van der Waals surface area contributed by atoms with Crippen LogP contribution < -0.4 is 15.4 Å². The number of amides is 2. The average molecular weight is 715 g/mol. The molecule has 6 atom stereocenters. The number of rotatable bonds is 8. The summed E-state index contributed by atoms with van der Waals surface area (Å²) in [5.41, 5.74) is 1.93. The fourth-order valence-corrected chi connectivity index (χ4v) is 7.69. The van der Waals surface area contributed by atoms with E-state index < -0.39 is 100 Å². The molecule has 2 aromatic rings. The maximum atomic E-state index is 14.3. The van der Waals surface area contributed by atoms with E-state index in [1.807, 2.05) is 0 Å². The Bertz CT molecular complexity index is 1860. The van der Waals surface area contributed by atoms with Crippen LogP contribution in [0.15, 0.2) is 43.0 Å². The lowest BCUT2D eigenvalue weighted by molar-refractivity contribution is -0.181. The van der Waals surface area contributed by atoms with Crippen LogP contribution in [0.1, 0.15) is 33.5 Å². The fraction of sp³-hybridized carbons (Fsp3) is 0.429. The highest BCUT2D eigenvalue weighted by Gasteiger charge is 2.69. The van der Waals surface area contributed by atoms with Crippen molar-refractivity contribution in [3.63, 3.8) is 0 Å². The first-order chi connectivity index (χ1) is 23.7. The standard InChI is InChI=1S/C35H37F3N4O9/c1-6-10-42(33(49)51-19-9-7-8-18(14-19)35(36,37)38)15-17-13-22(40(2)3)20-11-16-12-21-26(41(4)5)29(45)25(32(39)48)31(47)34(21,50)30(46)23(16)28(44)24(20)27(17)43/h6-9,13-14,16,21,23,25-26,43,50H,1,10-12,15H2,2-5H3,(H2,39,48)/t16-,21-,23?,25?,26-,34-/m0/s1. The van der Waals surface area contributed by atoms with Crippen molar-refractivity contribution in [2.75, 3.05) is 39.6 Å². The van der Waals surface area contributed by atoms with Crippen molar-refractivity contribution in [1.82, 2.24) is 9.80 Å². The molecule has 3 aliphatic rings. The lowest BCUT2D eigenvalue weighted by atomic mass is 9.52. The van der Waals surface area contributed by atoms with Crippen LogP contribution in [0.25, 0.3) is 0 Å². The summed E-state index contributed by atoms with van der Waals surface area (Å²) in [6.07, 6.45) is -4.59. The third-order valence-corrected chi connectivity index (χ3v) is 9.93. The zero-order chi connectivity index (χ0) is 37.9. The van der Waals surface area contributed by atoms with Crippen LogP contribution in [0.4, 0.5) is 23.7 Å². The number of alkyl halides is 3. The SMILES string of the molecule is C=CCN(Cc1cc(N(C)C)c2c(c1O)C(=O)C1C(=O)[C@]3(O)C(=O)C(C(N)=O)C(=O)[C@@H](N(C)C)[C@@H]3C[C@@H]1C2)C(=O)Oc1cccc(C(F)(F)F)c1. The molecule has 2 amide bonds. The molecule has 2 aromatic carbocycles. The molecule has 2 saturated carbocycles. The molecule has 51 heavy (non-hydrogen) atoms. The Morgan fingerprint density at radius 1 is 1.10 bits per heavy atom. The number of Topliss-reactive ketones (excluding diaryl/α,β-unsaturated/α-hetero) is 4. The van der Waals surface area contributed by atoms with Gasteiger partial charge in [0.15, 0.2) is 34.7 Å². The Labute approximate surface area is 290 Å². The van der Waals surface area contributed by atoms with E-state index in [0.717, 1.165) is 23.1 Å². The van der Waals surface area contributed by atoms with E-state index in [2.05, 4.69) is 6.58 Å². The predicted molar refractivity (Wildman–Crippen MR) is 174 cm³/mol. The van der Waals surface area contributed by atoms with E-state index >= 15 is 0 Å². The number of benzene rings is 2. The summed E-state index contributed by atoms with van der Waals surface area (Å²) in [7, 11) is 6.30. The molecule has 0 aliphatic heterocycles. The molecule has 2 fully saturated rings. The maximum Gasteiger partial charge on any atom is 0.416 e. The number of halogens is 3. The predicted octanol–water partition coefficient (Wildman–Crippen LogP) is 2.14. The number of ketones is 4. The first kappa shape index (κ1) is 37.2. The maximum absolute atomic E-state index is 14.3. The van der Waals surface area contributed by atoms with Gasteiger partial charge >= 0.3 is 12.3 Å². The molecule has 4 N–H and O–H groups in total. The lowest BCUT2D eigenvalue weighted by Crippen LogP contribution is -2.74. The molecule has 16 heteroatoms. The van der Waals surface area contributed by atoms with E-state index in [1.54, 1.807) is 19.0 Å². The quantitative estimate of drug-likeness (QED) is 0.269. The van der Waals surface area contributed by atoms with E-state index in [4.69, 9.17) is 10.5 Å². The molecule has 13 nitrogen and oxygen atoms in total. The van der Waals surface area contributed by atoms with Crippen LogP contribution in [0.5, 0.6) is 11.5 Å². The number of likely N-dealkylation sites (N-methyl/N-ethyl adjacent to an activating group) is 1. The summed E-state index contributed by atoms with van der Waals surface area (Å²) < 4.78 is 45.0. The summed E-state index contributed by atoms with van der Waals surface area (Å²) in [5.74, 6) is -12.6. The van der Waals surface area contributed by atoms with Gasteiger partial charge in [0.05, 0.1) is 29.6 Å². The summed E-state index contributed by atoms with van der Waals surface area (Å²) in [6, 6.07) is 3.96. The highest BCUT2D eigenvalue weighted by molar-refractivity contribution is 6.32. The van der Waals surface area contributed by atoms with Gasteiger partial charge in [0, 0.05) is 37.8 Å². The minimum Gasteiger partial charge on any atom is -0.507 e. The molecular weight excluding hydrogens is 677 g/mol. The Kier molecular flexibility index (Phi) is 9.64. The minimum atomic E-state index is -4.69. The number of phenolic OH excluding ortho intramolecular Hbond substituents is 1. The van der Waals surface area contributed by atoms with Crippen molar-refractivity contribution in [2.45, 2.75) is 37.2 Å². The number of carbonyl (C=O) groups excluding carboxylic acids is 6. The Hall–Kier alpha value is -5.09. The molecule has 0 radical (unpaired) electrons. The van der Waals surface area contributed by atoms with E-state index in [-0.39, 0.29) is 30.5 Å². The number of carbonyl (C=O) groups is 6. The smallest absolute Gasteiger partial charge is 0.416 e.